The highest BCUT2D eigenvalue weighted by atomic mass is 19.1. The van der Waals surface area contributed by atoms with E-state index < -0.39 is 11.6 Å². The van der Waals surface area contributed by atoms with Gasteiger partial charge in [0.25, 0.3) is 0 Å². The minimum atomic E-state index is -0.546. The molecule has 4 aromatic rings. The number of hydrogen-bond donors (Lipinski definition) is 0. The highest BCUT2D eigenvalue weighted by Crippen LogP contribution is 2.30. The number of rotatable bonds is 13. The molecule has 230 valence electrons. The van der Waals surface area contributed by atoms with Crippen LogP contribution in [0, 0.1) is 11.6 Å². The van der Waals surface area contributed by atoms with Gasteiger partial charge in [-0.05, 0) is 54.7 Å². The molecule has 0 saturated carbocycles. The van der Waals surface area contributed by atoms with Crippen LogP contribution in [0.15, 0.2) is 110 Å². The van der Waals surface area contributed by atoms with Crippen LogP contribution < -0.4 is 0 Å². The van der Waals surface area contributed by atoms with Gasteiger partial charge in [-0.25, -0.2) is 8.78 Å². The average Bonchev–Trinajstić information content (AvgIpc) is 3.04. The zero-order chi connectivity index (χ0) is 30.9. The molecular formula is C38H41F2NO3. The van der Waals surface area contributed by atoms with Crippen LogP contribution in [0.4, 0.5) is 8.78 Å². The van der Waals surface area contributed by atoms with E-state index in [9.17, 15) is 4.39 Å². The van der Waals surface area contributed by atoms with Crippen molar-refractivity contribution in [1.29, 1.82) is 0 Å². The SMILES string of the molecule is C=C(C)c1ccc(F)c(CCN2C[C@H](OCc3ccccc3)[C@@H](OCc3ccccc3)[C@H](OCc3ccccc3)[C@H]2C)c1F. The maximum absolute atomic E-state index is 15.3. The van der Waals surface area contributed by atoms with Gasteiger partial charge in [-0.1, -0.05) is 97.6 Å². The van der Waals surface area contributed by atoms with E-state index in [1.807, 2.05) is 91.0 Å². The molecule has 1 fully saturated rings. The molecule has 0 aliphatic carbocycles. The second-order valence-electron chi connectivity index (χ2n) is 11.5. The zero-order valence-electron chi connectivity index (χ0n) is 25.5. The van der Waals surface area contributed by atoms with E-state index in [-0.39, 0.29) is 36.3 Å². The van der Waals surface area contributed by atoms with Crippen molar-refractivity contribution in [3.8, 4) is 0 Å². The summed E-state index contributed by atoms with van der Waals surface area (Å²) in [6, 6.07) is 32.8. The van der Waals surface area contributed by atoms with Gasteiger partial charge >= 0.3 is 0 Å². The van der Waals surface area contributed by atoms with Crippen molar-refractivity contribution < 1.29 is 23.0 Å². The quantitative estimate of drug-likeness (QED) is 0.156. The van der Waals surface area contributed by atoms with E-state index >= 15 is 4.39 Å². The molecule has 1 heterocycles. The van der Waals surface area contributed by atoms with Crippen molar-refractivity contribution in [2.24, 2.45) is 0 Å². The molecule has 0 spiro atoms. The normalized spacial score (nSPS) is 20.5. The fraction of sp³-hybridized carbons (Fsp3) is 0.316. The molecule has 0 aromatic heterocycles. The second kappa shape index (κ2) is 15.4. The molecule has 4 aromatic carbocycles. The first kappa shape index (κ1) is 31.7. The molecule has 0 radical (unpaired) electrons. The van der Waals surface area contributed by atoms with E-state index in [0.29, 0.717) is 44.0 Å². The molecule has 1 saturated heterocycles. The monoisotopic (exact) mass is 597 g/mol. The first-order chi connectivity index (χ1) is 21.4. The van der Waals surface area contributed by atoms with Crippen LogP contribution in [-0.4, -0.2) is 42.3 Å². The molecule has 44 heavy (non-hydrogen) atoms. The number of allylic oxidation sites excluding steroid dienone is 1. The minimum Gasteiger partial charge on any atom is -0.369 e. The molecule has 6 heteroatoms. The number of ether oxygens (including phenoxy) is 3. The molecule has 0 bridgehead atoms. The smallest absolute Gasteiger partial charge is 0.136 e. The van der Waals surface area contributed by atoms with Gasteiger partial charge in [0.15, 0.2) is 0 Å². The Morgan fingerprint density at radius 3 is 1.75 bits per heavy atom. The van der Waals surface area contributed by atoms with Crippen molar-refractivity contribution in [2.45, 2.75) is 64.4 Å². The van der Waals surface area contributed by atoms with E-state index in [4.69, 9.17) is 14.2 Å². The third kappa shape index (κ3) is 8.07. The first-order valence-corrected chi connectivity index (χ1v) is 15.2. The van der Waals surface area contributed by atoms with Gasteiger partial charge in [0, 0.05) is 30.3 Å². The predicted molar refractivity (Wildman–Crippen MR) is 171 cm³/mol. The van der Waals surface area contributed by atoms with Gasteiger partial charge in [-0.3, -0.25) is 4.90 Å². The Bertz CT molecular complexity index is 1480. The molecule has 5 rings (SSSR count). The van der Waals surface area contributed by atoms with Gasteiger partial charge in [0.05, 0.1) is 25.9 Å². The Labute approximate surface area is 259 Å². The molecule has 4 atom stereocenters. The zero-order valence-corrected chi connectivity index (χ0v) is 25.5. The second-order valence-corrected chi connectivity index (χ2v) is 11.5. The number of likely N-dealkylation sites (tertiary alicyclic amines) is 1. The van der Waals surface area contributed by atoms with Crippen LogP contribution in [0.25, 0.3) is 5.57 Å². The molecule has 0 N–H and O–H groups in total. The summed E-state index contributed by atoms with van der Waals surface area (Å²) in [5.41, 5.74) is 4.16. The fourth-order valence-corrected chi connectivity index (χ4v) is 5.80. The highest BCUT2D eigenvalue weighted by Gasteiger charge is 2.44. The van der Waals surface area contributed by atoms with E-state index in [1.54, 1.807) is 6.92 Å². The van der Waals surface area contributed by atoms with Gasteiger partial charge in [-0.2, -0.15) is 0 Å². The lowest BCUT2D eigenvalue weighted by Crippen LogP contribution is -2.62. The lowest BCUT2D eigenvalue weighted by Gasteiger charge is -2.47. The van der Waals surface area contributed by atoms with Gasteiger partial charge in [-0.15, -0.1) is 0 Å². The first-order valence-electron chi connectivity index (χ1n) is 15.2. The summed E-state index contributed by atoms with van der Waals surface area (Å²) >= 11 is 0. The van der Waals surface area contributed by atoms with Gasteiger partial charge in [0.1, 0.15) is 23.8 Å². The largest absolute Gasteiger partial charge is 0.369 e. The van der Waals surface area contributed by atoms with Crippen LogP contribution in [0.2, 0.25) is 0 Å². The van der Waals surface area contributed by atoms with E-state index in [2.05, 4.69) is 18.4 Å². The van der Waals surface area contributed by atoms with Crippen molar-refractivity contribution in [3.05, 3.63) is 149 Å². The molecule has 4 nitrogen and oxygen atoms in total. The Morgan fingerprint density at radius 2 is 1.23 bits per heavy atom. The Hall–Kier alpha value is -3.68. The van der Waals surface area contributed by atoms with Crippen molar-refractivity contribution in [2.75, 3.05) is 13.1 Å². The standard InChI is InChI=1S/C38H41F2NO3/c1-27(2)32-19-20-34(39)33(36(32)40)21-22-41-23-35(42-24-29-13-7-4-8-14-29)38(44-26-31-17-11-6-12-18-31)37(28(41)3)43-25-30-15-9-5-10-16-30/h4-20,28,35,37-38H,1,21-26H2,2-3H3/t28-,35+,37-,38-/m1/s1. The fourth-order valence-electron chi connectivity index (χ4n) is 5.80. The van der Waals surface area contributed by atoms with Crippen molar-refractivity contribution in [1.82, 2.24) is 4.90 Å². The summed E-state index contributed by atoms with van der Waals surface area (Å²) in [6.07, 6.45) is -0.860. The lowest BCUT2D eigenvalue weighted by molar-refractivity contribution is -0.200. The number of benzene rings is 4. The van der Waals surface area contributed by atoms with Crippen LogP contribution in [0.1, 0.15) is 41.7 Å². The van der Waals surface area contributed by atoms with Crippen LogP contribution in [0.5, 0.6) is 0 Å². The Morgan fingerprint density at radius 1 is 0.727 bits per heavy atom. The number of piperidine rings is 1. The maximum Gasteiger partial charge on any atom is 0.136 e. The maximum atomic E-state index is 15.3. The minimum absolute atomic E-state index is 0.0728. The van der Waals surface area contributed by atoms with Crippen LogP contribution in [0.3, 0.4) is 0 Å². The van der Waals surface area contributed by atoms with E-state index in [0.717, 1.165) is 16.7 Å². The summed E-state index contributed by atoms with van der Waals surface area (Å²) in [5.74, 6) is -1.09. The number of nitrogens with zero attached hydrogens (tertiary/aromatic N) is 1. The molecule has 1 aliphatic rings. The summed E-state index contributed by atoms with van der Waals surface area (Å²) in [5, 5.41) is 0. The van der Waals surface area contributed by atoms with Gasteiger partial charge < -0.3 is 14.2 Å². The lowest BCUT2D eigenvalue weighted by atomic mass is 9.93. The third-order valence-electron chi connectivity index (χ3n) is 8.33. The topological polar surface area (TPSA) is 30.9 Å². The van der Waals surface area contributed by atoms with Crippen LogP contribution >= 0.6 is 0 Å². The molecule has 0 unspecified atom stereocenters. The van der Waals surface area contributed by atoms with Gasteiger partial charge in [0.2, 0.25) is 0 Å². The number of hydrogen-bond acceptors (Lipinski definition) is 4. The Balaban J connectivity index is 1.41. The Kier molecular flexibility index (Phi) is 11.1. The molecule has 1 aliphatic heterocycles. The van der Waals surface area contributed by atoms with Crippen molar-refractivity contribution >= 4 is 5.57 Å². The van der Waals surface area contributed by atoms with Crippen LogP contribution in [-0.2, 0) is 40.5 Å². The third-order valence-corrected chi connectivity index (χ3v) is 8.33. The summed E-state index contributed by atoms with van der Waals surface area (Å²) in [6.45, 7) is 9.87. The predicted octanol–water partition coefficient (Wildman–Crippen LogP) is 8.00. The average molecular weight is 598 g/mol. The highest BCUT2D eigenvalue weighted by molar-refractivity contribution is 5.62. The summed E-state index contributed by atoms with van der Waals surface area (Å²) in [7, 11) is 0. The molecule has 0 amide bonds. The van der Waals surface area contributed by atoms with E-state index in [1.165, 1.54) is 12.1 Å². The summed E-state index contributed by atoms with van der Waals surface area (Å²) in [4.78, 5) is 2.21. The van der Waals surface area contributed by atoms with Crippen molar-refractivity contribution in [3.63, 3.8) is 0 Å². The molecular weight excluding hydrogens is 556 g/mol. The summed E-state index contributed by atoms with van der Waals surface area (Å²) < 4.78 is 50.1. The number of halogens is 2.